The third-order valence-electron chi connectivity index (χ3n) is 2.69. The van der Waals surface area contributed by atoms with Crippen LogP contribution < -0.4 is 4.90 Å². The number of aryl methyl sites for hydroxylation is 1. The zero-order valence-corrected chi connectivity index (χ0v) is 10.1. The van der Waals surface area contributed by atoms with Gasteiger partial charge in [-0.3, -0.25) is 0 Å². The van der Waals surface area contributed by atoms with Crippen LogP contribution in [0.3, 0.4) is 0 Å². The molecule has 1 aromatic carbocycles. The number of nitrogens with zero attached hydrogens (tertiary/aromatic N) is 3. The van der Waals surface area contributed by atoms with Crippen molar-refractivity contribution >= 4 is 5.95 Å². The van der Waals surface area contributed by atoms with Crippen molar-refractivity contribution in [2.75, 3.05) is 18.5 Å². The van der Waals surface area contributed by atoms with Gasteiger partial charge in [0.1, 0.15) is 5.75 Å². The Balaban J connectivity index is 2.33. The number of rotatable bonds is 3. The lowest BCUT2D eigenvalue weighted by Gasteiger charge is -2.08. The second kappa shape index (κ2) is 4.45. The molecule has 1 N–H and O–H groups in total. The summed E-state index contributed by atoms with van der Waals surface area (Å²) in [5.41, 5.74) is 1.54. The largest absolute Gasteiger partial charge is 0.508 e. The van der Waals surface area contributed by atoms with E-state index < -0.39 is 0 Å². The van der Waals surface area contributed by atoms with Crippen molar-refractivity contribution in [2.45, 2.75) is 13.8 Å². The van der Waals surface area contributed by atoms with Gasteiger partial charge in [0, 0.05) is 19.2 Å². The molecule has 0 fully saturated rings. The fourth-order valence-electron chi connectivity index (χ4n) is 1.37. The standard InChI is InChI=1S/C12H15N3O2/c1-4-15(3)12-13-11(17-14-12)9-6-5-8(2)10(16)7-9/h5-7,16H,4H2,1-3H3. The summed E-state index contributed by atoms with van der Waals surface area (Å²) in [7, 11) is 1.89. The van der Waals surface area contributed by atoms with Crippen LogP contribution in [0.1, 0.15) is 12.5 Å². The Morgan fingerprint density at radius 3 is 2.82 bits per heavy atom. The first-order valence-electron chi connectivity index (χ1n) is 5.46. The second-order valence-corrected chi connectivity index (χ2v) is 3.91. The number of benzene rings is 1. The molecular weight excluding hydrogens is 218 g/mol. The number of aromatic hydroxyl groups is 1. The molecule has 0 atom stereocenters. The Hall–Kier alpha value is -2.04. The summed E-state index contributed by atoms with van der Waals surface area (Å²) in [6.07, 6.45) is 0. The van der Waals surface area contributed by atoms with E-state index in [9.17, 15) is 5.11 Å². The highest BCUT2D eigenvalue weighted by atomic mass is 16.5. The molecule has 5 nitrogen and oxygen atoms in total. The molecule has 1 heterocycles. The van der Waals surface area contributed by atoms with Gasteiger partial charge < -0.3 is 14.5 Å². The van der Waals surface area contributed by atoms with Gasteiger partial charge in [-0.15, -0.1) is 0 Å². The van der Waals surface area contributed by atoms with Crippen molar-refractivity contribution in [1.82, 2.24) is 10.1 Å². The Morgan fingerprint density at radius 1 is 1.41 bits per heavy atom. The maximum atomic E-state index is 9.62. The third-order valence-corrected chi connectivity index (χ3v) is 2.69. The predicted octanol–water partition coefficient (Wildman–Crippen LogP) is 2.21. The molecule has 0 saturated heterocycles. The monoisotopic (exact) mass is 233 g/mol. The van der Waals surface area contributed by atoms with E-state index in [1.807, 2.05) is 37.9 Å². The van der Waals surface area contributed by atoms with E-state index in [4.69, 9.17) is 4.52 Å². The quantitative estimate of drug-likeness (QED) is 0.880. The predicted molar refractivity (Wildman–Crippen MR) is 65.1 cm³/mol. The Kier molecular flexibility index (Phi) is 2.99. The maximum Gasteiger partial charge on any atom is 0.266 e. The van der Waals surface area contributed by atoms with Crippen LogP contribution in [0.2, 0.25) is 0 Å². The number of phenolic OH excluding ortho intramolecular Hbond substituents is 1. The zero-order valence-electron chi connectivity index (χ0n) is 10.1. The topological polar surface area (TPSA) is 62.4 Å². The van der Waals surface area contributed by atoms with E-state index in [1.165, 1.54) is 0 Å². The fourth-order valence-corrected chi connectivity index (χ4v) is 1.37. The number of hydrogen-bond acceptors (Lipinski definition) is 5. The summed E-state index contributed by atoms with van der Waals surface area (Å²) >= 11 is 0. The number of hydrogen-bond donors (Lipinski definition) is 1. The summed E-state index contributed by atoms with van der Waals surface area (Å²) < 4.78 is 5.15. The van der Waals surface area contributed by atoms with Gasteiger partial charge in [-0.25, -0.2) is 0 Å². The van der Waals surface area contributed by atoms with Gasteiger partial charge in [0.15, 0.2) is 0 Å². The molecule has 0 bridgehead atoms. The van der Waals surface area contributed by atoms with E-state index in [0.717, 1.165) is 17.7 Å². The third kappa shape index (κ3) is 2.22. The summed E-state index contributed by atoms with van der Waals surface area (Å²) in [6, 6.07) is 5.29. The zero-order chi connectivity index (χ0) is 12.4. The highest BCUT2D eigenvalue weighted by Gasteiger charge is 2.12. The Labute approximate surface area is 99.7 Å². The average Bonchev–Trinajstić information content (AvgIpc) is 2.81. The lowest BCUT2D eigenvalue weighted by atomic mass is 10.1. The molecule has 2 aromatic rings. The van der Waals surface area contributed by atoms with Gasteiger partial charge in [-0.1, -0.05) is 6.07 Å². The first-order chi connectivity index (χ1) is 8.11. The van der Waals surface area contributed by atoms with E-state index in [-0.39, 0.29) is 5.75 Å². The van der Waals surface area contributed by atoms with Crippen molar-refractivity contribution in [3.8, 4) is 17.2 Å². The number of anilines is 1. The Morgan fingerprint density at radius 2 is 2.18 bits per heavy atom. The molecule has 0 aliphatic carbocycles. The summed E-state index contributed by atoms with van der Waals surface area (Å²) in [5.74, 6) is 1.18. The molecule has 1 aromatic heterocycles. The maximum absolute atomic E-state index is 9.62. The molecule has 0 radical (unpaired) electrons. The molecule has 0 saturated carbocycles. The minimum Gasteiger partial charge on any atom is -0.508 e. The van der Waals surface area contributed by atoms with E-state index in [0.29, 0.717) is 11.8 Å². The lowest BCUT2D eigenvalue weighted by molar-refractivity contribution is 0.429. The van der Waals surface area contributed by atoms with Crippen molar-refractivity contribution in [3.63, 3.8) is 0 Å². The highest BCUT2D eigenvalue weighted by molar-refractivity contribution is 5.58. The summed E-state index contributed by atoms with van der Waals surface area (Å²) in [4.78, 5) is 6.14. The van der Waals surface area contributed by atoms with Crippen LogP contribution in [-0.4, -0.2) is 28.8 Å². The minimum atomic E-state index is 0.228. The first kappa shape index (κ1) is 11.4. The van der Waals surface area contributed by atoms with Gasteiger partial charge in [-0.05, 0) is 36.7 Å². The fraction of sp³-hybridized carbons (Fsp3) is 0.333. The molecule has 5 heteroatoms. The SMILES string of the molecule is CCN(C)c1noc(-c2ccc(C)c(O)c2)n1. The van der Waals surface area contributed by atoms with Crippen molar-refractivity contribution < 1.29 is 9.63 Å². The second-order valence-electron chi connectivity index (χ2n) is 3.91. The van der Waals surface area contributed by atoms with Crippen molar-refractivity contribution in [3.05, 3.63) is 23.8 Å². The van der Waals surface area contributed by atoms with Crippen LogP contribution in [0.15, 0.2) is 22.7 Å². The molecule has 2 rings (SSSR count). The van der Waals surface area contributed by atoms with Gasteiger partial charge in [-0.2, -0.15) is 4.98 Å². The van der Waals surface area contributed by atoms with E-state index in [2.05, 4.69) is 10.1 Å². The van der Waals surface area contributed by atoms with Crippen LogP contribution in [0.4, 0.5) is 5.95 Å². The minimum absolute atomic E-state index is 0.228. The lowest BCUT2D eigenvalue weighted by Crippen LogP contribution is -2.16. The van der Waals surface area contributed by atoms with Gasteiger partial charge in [0.05, 0.1) is 0 Å². The van der Waals surface area contributed by atoms with Gasteiger partial charge in [0.25, 0.3) is 11.8 Å². The van der Waals surface area contributed by atoms with Crippen LogP contribution in [0, 0.1) is 6.92 Å². The Bertz CT molecular complexity index is 522. The number of phenols is 1. The molecule has 0 spiro atoms. The van der Waals surface area contributed by atoms with Gasteiger partial charge in [0.2, 0.25) is 0 Å². The molecule has 17 heavy (non-hydrogen) atoms. The van der Waals surface area contributed by atoms with E-state index in [1.54, 1.807) is 6.07 Å². The van der Waals surface area contributed by atoms with Gasteiger partial charge >= 0.3 is 0 Å². The molecule has 0 amide bonds. The first-order valence-corrected chi connectivity index (χ1v) is 5.46. The van der Waals surface area contributed by atoms with Crippen LogP contribution >= 0.6 is 0 Å². The molecule has 90 valence electrons. The molecular formula is C12H15N3O2. The van der Waals surface area contributed by atoms with E-state index >= 15 is 0 Å². The summed E-state index contributed by atoms with van der Waals surface area (Å²) in [5, 5.41) is 13.5. The smallest absolute Gasteiger partial charge is 0.266 e. The van der Waals surface area contributed by atoms with Crippen LogP contribution in [0.5, 0.6) is 5.75 Å². The van der Waals surface area contributed by atoms with Crippen molar-refractivity contribution in [2.24, 2.45) is 0 Å². The van der Waals surface area contributed by atoms with Crippen LogP contribution in [-0.2, 0) is 0 Å². The van der Waals surface area contributed by atoms with Crippen molar-refractivity contribution in [1.29, 1.82) is 0 Å². The average molecular weight is 233 g/mol. The van der Waals surface area contributed by atoms with Crippen LogP contribution in [0.25, 0.3) is 11.5 Å². The number of aromatic nitrogens is 2. The normalized spacial score (nSPS) is 10.5. The summed E-state index contributed by atoms with van der Waals surface area (Å²) in [6.45, 7) is 4.65. The molecule has 0 unspecified atom stereocenters. The molecule has 0 aliphatic heterocycles. The highest BCUT2D eigenvalue weighted by Crippen LogP contribution is 2.25. The molecule has 0 aliphatic rings.